The molecule has 0 aliphatic carbocycles. The van der Waals surface area contributed by atoms with Crippen molar-refractivity contribution >= 4 is 28.1 Å². The monoisotopic (exact) mass is 544 g/mol. The van der Waals surface area contributed by atoms with Gasteiger partial charge in [-0.25, -0.2) is 9.82 Å². The molecule has 0 bridgehead atoms. The van der Waals surface area contributed by atoms with Gasteiger partial charge in [0.25, 0.3) is 5.91 Å². The summed E-state index contributed by atoms with van der Waals surface area (Å²) in [6.07, 6.45) is 1.50. The van der Waals surface area contributed by atoms with E-state index in [4.69, 9.17) is 18.9 Å². The van der Waals surface area contributed by atoms with E-state index in [-0.39, 0.29) is 12.4 Å². The maximum absolute atomic E-state index is 13.1. The van der Waals surface area contributed by atoms with Gasteiger partial charge in [0, 0.05) is 5.56 Å². The van der Waals surface area contributed by atoms with E-state index in [9.17, 15) is 9.18 Å². The number of methoxy groups -OCH3 is 1. The van der Waals surface area contributed by atoms with Crippen LogP contribution in [0.1, 0.15) is 35.3 Å². The molecule has 1 N–H and O–H groups in total. The van der Waals surface area contributed by atoms with Gasteiger partial charge in [0.05, 0.1) is 31.0 Å². The molecular formula is C26H26BrFN2O5. The molecule has 0 aliphatic heterocycles. The zero-order valence-electron chi connectivity index (χ0n) is 19.6. The zero-order chi connectivity index (χ0) is 25.2. The van der Waals surface area contributed by atoms with Crippen molar-refractivity contribution in [2.75, 3.05) is 20.3 Å². The molecule has 0 aliphatic rings. The van der Waals surface area contributed by atoms with Crippen molar-refractivity contribution in [3.63, 3.8) is 0 Å². The summed E-state index contributed by atoms with van der Waals surface area (Å²) in [6, 6.07) is 14.5. The van der Waals surface area contributed by atoms with Crippen LogP contribution < -0.4 is 24.4 Å². The summed E-state index contributed by atoms with van der Waals surface area (Å²) in [4.78, 5) is 12.5. The molecule has 0 aromatic heterocycles. The van der Waals surface area contributed by atoms with Gasteiger partial charge in [-0.15, -0.1) is 0 Å². The number of ether oxygens (including phenoxy) is 4. The molecule has 3 aromatic carbocycles. The maximum atomic E-state index is 13.1. The van der Waals surface area contributed by atoms with Crippen LogP contribution in [0.2, 0.25) is 0 Å². The first kappa shape index (κ1) is 26.0. The maximum Gasteiger partial charge on any atom is 0.271 e. The highest BCUT2D eigenvalue weighted by Crippen LogP contribution is 2.37. The Morgan fingerprint density at radius 1 is 0.971 bits per heavy atom. The van der Waals surface area contributed by atoms with E-state index in [0.717, 1.165) is 5.56 Å². The summed E-state index contributed by atoms with van der Waals surface area (Å²) in [5, 5.41) is 4.06. The largest absolute Gasteiger partial charge is 0.493 e. The minimum Gasteiger partial charge on any atom is -0.493 e. The average molecular weight is 545 g/mol. The molecule has 184 valence electrons. The van der Waals surface area contributed by atoms with E-state index >= 15 is 0 Å². The van der Waals surface area contributed by atoms with E-state index in [1.165, 1.54) is 25.5 Å². The Hall–Kier alpha value is -3.59. The molecule has 0 heterocycles. The smallest absolute Gasteiger partial charge is 0.271 e. The second-order valence-corrected chi connectivity index (χ2v) is 8.03. The van der Waals surface area contributed by atoms with Crippen LogP contribution in [-0.2, 0) is 6.61 Å². The number of nitrogens with one attached hydrogen (secondary N) is 1. The van der Waals surface area contributed by atoms with Crippen LogP contribution in [0.15, 0.2) is 64.2 Å². The summed E-state index contributed by atoms with van der Waals surface area (Å²) < 4.78 is 36.2. The van der Waals surface area contributed by atoms with Gasteiger partial charge in [-0.2, -0.15) is 5.10 Å². The fraction of sp³-hybridized carbons (Fsp3) is 0.231. The molecule has 7 nitrogen and oxygen atoms in total. The topological polar surface area (TPSA) is 78.4 Å². The van der Waals surface area contributed by atoms with Crippen LogP contribution in [0.5, 0.6) is 23.0 Å². The standard InChI is InChI=1S/C26H26BrFN2O5/c1-4-33-23-14-19(8-11-22(23)32-3)26(31)30-29-15-18-12-21(27)25(24(13-18)34-5-2)35-16-17-6-9-20(28)10-7-17/h6-15H,4-5,16H2,1-3H3,(H,30,31)/b29-15+. The van der Waals surface area contributed by atoms with Crippen LogP contribution in [0.25, 0.3) is 0 Å². The van der Waals surface area contributed by atoms with E-state index in [2.05, 4.69) is 26.5 Å². The predicted molar refractivity (Wildman–Crippen MR) is 135 cm³/mol. The average Bonchev–Trinajstić information content (AvgIpc) is 2.85. The first-order chi connectivity index (χ1) is 16.9. The second-order valence-electron chi connectivity index (χ2n) is 7.18. The van der Waals surface area contributed by atoms with Crippen molar-refractivity contribution in [1.29, 1.82) is 0 Å². The van der Waals surface area contributed by atoms with Gasteiger partial charge in [0.15, 0.2) is 23.0 Å². The molecule has 3 rings (SSSR count). The van der Waals surface area contributed by atoms with Gasteiger partial charge in [-0.3, -0.25) is 4.79 Å². The van der Waals surface area contributed by atoms with E-state index in [1.807, 2.05) is 13.8 Å². The molecule has 0 saturated carbocycles. The van der Waals surface area contributed by atoms with Crippen molar-refractivity contribution in [2.45, 2.75) is 20.5 Å². The summed E-state index contributed by atoms with van der Waals surface area (Å²) in [6.45, 7) is 4.83. The number of carbonyl (C=O) groups excluding carboxylic acids is 1. The van der Waals surface area contributed by atoms with Gasteiger partial charge in [-0.05, 0) is 83.4 Å². The summed E-state index contributed by atoms with van der Waals surface area (Å²) in [7, 11) is 1.54. The number of nitrogens with zero attached hydrogens (tertiary/aromatic N) is 1. The normalized spacial score (nSPS) is 10.8. The van der Waals surface area contributed by atoms with Crippen LogP contribution in [-0.4, -0.2) is 32.4 Å². The first-order valence-electron chi connectivity index (χ1n) is 10.9. The Kier molecular flexibility index (Phi) is 9.48. The van der Waals surface area contributed by atoms with Gasteiger partial charge >= 0.3 is 0 Å². The second kappa shape index (κ2) is 12.8. The Bertz CT molecular complexity index is 1190. The molecule has 0 unspecified atom stereocenters. The van der Waals surface area contributed by atoms with Gasteiger partial charge in [-0.1, -0.05) is 12.1 Å². The number of hydrogen-bond acceptors (Lipinski definition) is 6. The predicted octanol–water partition coefficient (Wildman–Crippen LogP) is 5.74. The third-order valence-electron chi connectivity index (χ3n) is 4.73. The first-order valence-corrected chi connectivity index (χ1v) is 11.7. The minimum atomic E-state index is -0.395. The number of hydrogen-bond donors (Lipinski definition) is 1. The zero-order valence-corrected chi connectivity index (χ0v) is 21.2. The Balaban J connectivity index is 1.71. The number of rotatable bonds is 11. The Morgan fingerprint density at radius 2 is 1.69 bits per heavy atom. The highest BCUT2D eigenvalue weighted by molar-refractivity contribution is 9.10. The molecule has 0 spiro atoms. The van der Waals surface area contributed by atoms with E-state index < -0.39 is 5.91 Å². The van der Waals surface area contributed by atoms with Crippen molar-refractivity contribution in [1.82, 2.24) is 5.43 Å². The molecule has 35 heavy (non-hydrogen) atoms. The molecular weight excluding hydrogens is 519 g/mol. The fourth-order valence-electron chi connectivity index (χ4n) is 3.12. The van der Waals surface area contributed by atoms with E-state index in [0.29, 0.717) is 51.8 Å². The van der Waals surface area contributed by atoms with Crippen molar-refractivity contribution in [3.05, 3.63) is 81.6 Å². The molecule has 0 atom stereocenters. The molecule has 9 heteroatoms. The highest BCUT2D eigenvalue weighted by atomic mass is 79.9. The lowest BCUT2D eigenvalue weighted by atomic mass is 10.2. The SMILES string of the molecule is CCOc1cc(C(=O)N/N=C/c2cc(Br)c(OCc3ccc(F)cc3)c(OCC)c2)ccc1OC. The van der Waals surface area contributed by atoms with E-state index in [1.54, 1.807) is 42.5 Å². The van der Waals surface area contributed by atoms with Crippen LogP contribution in [0, 0.1) is 5.82 Å². The number of carbonyl (C=O) groups is 1. The van der Waals surface area contributed by atoms with Gasteiger partial charge in [0.2, 0.25) is 0 Å². The summed E-state index contributed by atoms with van der Waals surface area (Å²) in [5.41, 5.74) is 4.39. The number of halogens is 2. The third-order valence-corrected chi connectivity index (χ3v) is 5.32. The summed E-state index contributed by atoms with van der Waals surface area (Å²) >= 11 is 3.51. The fourth-order valence-corrected chi connectivity index (χ4v) is 3.69. The van der Waals surface area contributed by atoms with Crippen LogP contribution in [0.4, 0.5) is 4.39 Å². The van der Waals surface area contributed by atoms with Crippen molar-refractivity contribution in [2.24, 2.45) is 5.10 Å². The molecule has 0 fully saturated rings. The molecule has 1 amide bonds. The van der Waals surface area contributed by atoms with Crippen LogP contribution in [0.3, 0.4) is 0 Å². The minimum absolute atomic E-state index is 0.244. The Morgan fingerprint density at radius 3 is 2.37 bits per heavy atom. The molecule has 0 radical (unpaired) electrons. The van der Waals surface area contributed by atoms with Crippen molar-refractivity contribution in [3.8, 4) is 23.0 Å². The third kappa shape index (κ3) is 7.19. The number of hydrazone groups is 1. The quantitative estimate of drug-likeness (QED) is 0.246. The lowest BCUT2D eigenvalue weighted by Gasteiger charge is -2.14. The summed E-state index contributed by atoms with van der Waals surface area (Å²) in [5.74, 6) is 1.35. The number of benzene rings is 3. The van der Waals surface area contributed by atoms with Crippen LogP contribution >= 0.6 is 15.9 Å². The van der Waals surface area contributed by atoms with Gasteiger partial charge < -0.3 is 18.9 Å². The molecule has 0 saturated heterocycles. The highest BCUT2D eigenvalue weighted by Gasteiger charge is 2.13. The Labute approximate surface area is 212 Å². The lowest BCUT2D eigenvalue weighted by Crippen LogP contribution is -2.17. The van der Waals surface area contributed by atoms with Gasteiger partial charge in [0.1, 0.15) is 12.4 Å². The lowest BCUT2D eigenvalue weighted by molar-refractivity contribution is 0.0954. The number of amides is 1. The van der Waals surface area contributed by atoms with Crippen molar-refractivity contribution < 1.29 is 28.1 Å². The molecule has 3 aromatic rings.